The second-order valence-electron chi connectivity index (χ2n) is 4.56. The van der Waals surface area contributed by atoms with Crippen molar-refractivity contribution in [2.45, 2.75) is 6.92 Å². The number of anilines is 1. The first kappa shape index (κ1) is 13.2. The van der Waals surface area contributed by atoms with E-state index in [1.807, 2.05) is 18.2 Å². The van der Waals surface area contributed by atoms with E-state index in [-0.39, 0.29) is 0 Å². The van der Waals surface area contributed by atoms with Crippen molar-refractivity contribution < 1.29 is 0 Å². The van der Waals surface area contributed by atoms with Crippen LogP contribution in [0.3, 0.4) is 0 Å². The Balaban J connectivity index is 2.25. The first-order valence-electron chi connectivity index (χ1n) is 6.21. The molecule has 4 heteroatoms. The van der Waals surface area contributed by atoms with Crippen molar-refractivity contribution in [2.75, 3.05) is 5.73 Å². The van der Waals surface area contributed by atoms with Gasteiger partial charge in [-0.1, -0.05) is 35.9 Å². The van der Waals surface area contributed by atoms with Gasteiger partial charge in [-0.2, -0.15) is 0 Å². The molecule has 0 aliphatic carbocycles. The molecule has 0 bridgehead atoms. The van der Waals surface area contributed by atoms with E-state index in [4.69, 9.17) is 17.3 Å². The number of hydrogen-bond donors (Lipinski definition) is 1. The smallest absolute Gasteiger partial charge is 0.131 e. The lowest BCUT2D eigenvalue weighted by Gasteiger charge is -2.11. The molecule has 0 radical (unpaired) electrons. The molecular formula is C16H13ClN2S. The third-order valence-electron chi connectivity index (χ3n) is 3.21. The van der Waals surface area contributed by atoms with E-state index >= 15 is 0 Å². The topological polar surface area (TPSA) is 38.9 Å². The van der Waals surface area contributed by atoms with Crippen molar-refractivity contribution in [1.82, 2.24) is 4.98 Å². The Labute approximate surface area is 126 Å². The van der Waals surface area contributed by atoms with Crippen LogP contribution in [0.4, 0.5) is 5.82 Å². The number of halogens is 1. The van der Waals surface area contributed by atoms with Crippen molar-refractivity contribution in [3.8, 4) is 21.6 Å². The molecule has 1 aromatic carbocycles. The van der Waals surface area contributed by atoms with Crippen LogP contribution >= 0.6 is 22.9 Å². The van der Waals surface area contributed by atoms with Crippen LogP contribution in [0.15, 0.2) is 48.0 Å². The average Bonchev–Trinajstić information content (AvgIpc) is 2.88. The van der Waals surface area contributed by atoms with Crippen molar-refractivity contribution in [2.24, 2.45) is 0 Å². The number of nitrogens with two attached hydrogens (primary N) is 1. The SMILES string of the molecule is Cc1ccsc1-c1ccccc1-c1cc(Cl)cnc1N. The number of rotatable bonds is 2. The van der Waals surface area contributed by atoms with Crippen LogP contribution in [0.2, 0.25) is 5.02 Å². The lowest BCUT2D eigenvalue weighted by molar-refractivity contribution is 1.34. The summed E-state index contributed by atoms with van der Waals surface area (Å²) in [6, 6.07) is 12.2. The highest BCUT2D eigenvalue weighted by molar-refractivity contribution is 7.13. The van der Waals surface area contributed by atoms with Gasteiger partial charge in [0.25, 0.3) is 0 Å². The molecule has 0 aliphatic rings. The standard InChI is InChI=1S/C16H13ClN2S/c1-10-6-7-20-15(10)13-5-3-2-4-12(13)14-8-11(17)9-19-16(14)18/h2-9H,1H3,(H2,18,19). The Morgan fingerprint density at radius 3 is 2.55 bits per heavy atom. The van der Waals surface area contributed by atoms with Gasteiger partial charge in [0.15, 0.2) is 0 Å². The van der Waals surface area contributed by atoms with Crippen LogP contribution in [0.1, 0.15) is 5.56 Å². The maximum absolute atomic E-state index is 6.06. The molecule has 0 saturated heterocycles. The van der Waals surface area contributed by atoms with Gasteiger partial charge in [-0.05, 0) is 41.1 Å². The van der Waals surface area contributed by atoms with Crippen molar-refractivity contribution in [3.05, 3.63) is 58.6 Å². The molecular weight excluding hydrogens is 288 g/mol. The molecule has 3 rings (SSSR count). The summed E-state index contributed by atoms with van der Waals surface area (Å²) in [5.41, 5.74) is 10.4. The summed E-state index contributed by atoms with van der Waals surface area (Å²) in [6.45, 7) is 2.11. The number of nitrogens with zero attached hydrogens (tertiary/aromatic N) is 1. The Morgan fingerprint density at radius 2 is 1.85 bits per heavy atom. The number of pyridine rings is 1. The van der Waals surface area contributed by atoms with Gasteiger partial charge < -0.3 is 5.73 Å². The van der Waals surface area contributed by atoms with Gasteiger partial charge in [0.05, 0.1) is 5.02 Å². The molecule has 2 aromatic heterocycles. The number of aryl methyl sites for hydroxylation is 1. The Morgan fingerprint density at radius 1 is 1.10 bits per heavy atom. The van der Waals surface area contributed by atoms with E-state index < -0.39 is 0 Å². The molecule has 2 nitrogen and oxygen atoms in total. The van der Waals surface area contributed by atoms with E-state index in [0.29, 0.717) is 10.8 Å². The maximum Gasteiger partial charge on any atom is 0.131 e. The molecule has 0 spiro atoms. The largest absolute Gasteiger partial charge is 0.383 e. The summed E-state index contributed by atoms with van der Waals surface area (Å²) in [5, 5.41) is 2.69. The molecule has 2 N–H and O–H groups in total. The van der Waals surface area contributed by atoms with Crippen molar-refractivity contribution in [1.29, 1.82) is 0 Å². The second-order valence-corrected chi connectivity index (χ2v) is 5.92. The minimum absolute atomic E-state index is 0.496. The van der Waals surface area contributed by atoms with Crippen LogP contribution in [0, 0.1) is 6.92 Å². The zero-order valence-corrected chi connectivity index (χ0v) is 12.5. The quantitative estimate of drug-likeness (QED) is 0.721. The van der Waals surface area contributed by atoms with Crippen LogP contribution in [0.5, 0.6) is 0 Å². The first-order chi connectivity index (χ1) is 9.66. The van der Waals surface area contributed by atoms with Crippen LogP contribution in [-0.2, 0) is 0 Å². The minimum atomic E-state index is 0.496. The molecule has 0 fully saturated rings. The average molecular weight is 301 g/mol. The summed E-state index contributed by atoms with van der Waals surface area (Å²) in [7, 11) is 0. The predicted molar refractivity (Wildman–Crippen MR) is 87.1 cm³/mol. The van der Waals surface area contributed by atoms with Crippen LogP contribution < -0.4 is 5.73 Å². The maximum atomic E-state index is 6.06. The lowest BCUT2D eigenvalue weighted by Crippen LogP contribution is -1.95. The third kappa shape index (κ3) is 2.30. The molecule has 0 unspecified atom stereocenters. The molecule has 0 saturated carbocycles. The fraction of sp³-hybridized carbons (Fsp3) is 0.0625. The highest BCUT2D eigenvalue weighted by Crippen LogP contribution is 2.38. The molecule has 0 amide bonds. The number of aromatic nitrogens is 1. The van der Waals surface area contributed by atoms with Gasteiger partial charge in [-0.25, -0.2) is 4.98 Å². The van der Waals surface area contributed by atoms with E-state index in [0.717, 1.165) is 16.7 Å². The Hall–Kier alpha value is -1.84. The van der Waals surface area contributed by atoms with Gasteiger partial charge in [-0.3, -0.25) is 0 Å². The summed E-state index contributed by atoms with van der Waals surface area (Å²) in [5.74, 6) is 0.496. The molecule has 3 aromatic rings. The summed E-state index contributed by atoms with van der Waals surface area (Å²) < 4.78 is 0. The van der Waals surface area contributed by atoms with Crippen LogP contribution in [-0.4, -0.2) is 4.98 Å². The molecule has 2 heterocycles. The summed E-state index contributed by atoms with van der Waals surface area (Å²) >= 11 is 7.79. The highest BCUT2D eigenvalue weighted by Gasteiger charge is 2.13. The number of benzene rings is 1. The van der Waals surface area contributed by atoms with E-state index in [9.17, 15) is 0 Å². The molecule has 0 aliphatic heterocycles. The second kappa shape index (κ2) is 5.27. The van der Waals surface area contributed by atoms with Crippen molar-refractivity contribution in [3.63, 3.8) is 0 Å². The first-order valence-corrected chi connectivity index (χ1v) is 7.47. The Bertz CT molecular complexity index is 765. The van der Waals surface area contributed by atoms with Gasteiger partial charge in [0.1, 0.15) is 5.82 Å². The number of hydrogen-bond acceptors (Lipinski definition) is 3. The fourth-order valence-electron chi connectivity index (χ4n) is 2.23. The predicted octanol–water partition coefficient (Wildman–Crippen LogP) is 5.02. The molecule has 100 valence electrons. The van der Waals surface area contributed by atoms with Crippen molar-refractivity contribution >= 4 is 28.8 Å². The van der Waals surface area contributed by atoms with Gasteiger partial charge in [-0.15, -0.1) is 11.3 Å². The summed E-state index contributed by atoms with van der Waals surface area (Å²) in [4.78, 5) is 5.40. The lowest BCUT2D eigenvalue weighted by atomic mass is 9.98. The minimum Gasteiger partial charge on any atom is -0.383 e. The molecule has 20 heavy (non-hydrogen) atoms. The van der Waals surface area contributed by atoms with E-state index in [1.165, 1.54) is 10.4 Å². The molecule has 0 atom stereocenters. The number of thiophene rings is 1. The normalized spacial score (nSPS) is 10.7. The van der Waals surface area contributed by atoms with E-state index in [1.54, 1.807) is 17.5 Å². The zero-order valence-electron chi connectivity index (χ0n) is 10.9. The van der Waals surface area contributed by atoms with Crippen LogP contribution in [0.25, 0.3) is 21.6 Å². The zero-order chi connectivity index (χ0) is 14.1. The van der Waals surface area contributed by atoms with Gasteiger partial charge >= 0.3 is 0 Å². The number of nitrogen functional groups attached to an aromatic ring is 1. The van der Waals surface area contributed by atoms with Gasteiger partial charge in [0.2, 0.25) is 0 Å². The fourth-order valence-corrected chi connectivity index (χ4v) is 3.36. The third-order valence-corrected chi connectivity index (χ3v) is 4.47. The summed E-state index contributed by atoms with van der Waals surface area (Å²) in [6.07, 6.45) is 1.57. The Kier molecular flexibility index (Phi) is 3.47. The highest BCUT2D eigenvalue weighted by atomic mass is 35.5. The van der Waals surface area contributed by atoms with Gasteiger partial charge in [0, 0.05) is 16.6 Å². The van der Waals surface area contributed by atoms with E-state index in [2.05, 4.69) is 35.5 Å². The monoisotopic (exact) mass is 300 g/mol.